The number of anilines is 1. The summed E-state index contributed by atoms with van der Waals surface area (Å²) in [6.07, 6.45) is -4.28. The first-order valence-corrected chi connectivity index (χ1v) is 7.06. The van der Waals surface area contributed by atoms with Crippen molar-refractivity contribution in [3.63, 3.8) is 0 Å². The molecule has 0 radical (unpaired) electrons. The SMILES string of the molecule is CN1CCOC(CNc2ccc(C(F)(F)F)cc2Br)C1. The molecule has 1 saturated heterocycles. The molecule has 1 aliphatic rings. The first-order valence-electron chi connectivity index (χ1n) is 6.27. The van der Waals surface area contributed by atoms with Gasteiger partial charge >= 0.3 is 6.18 Å². The second-order valence-corrected chi connectivity index (χ2v) is 5.68. The molecule has 0 spiro atoms. The Hall–Kier alpha value is -0.790. The average molecular weight is 353 g/mol. The van der Waals surface area contributed by atoms with Gasteiger partial charge in [-0.25, -0.2) is 0 Å². The molecule has 1 N–H and O–H groups in total. The van der Waals surface area contributed by atoms with Gasteiger partial charge in [-0.1, -0.05) is 0 Å². The smallest absolute Gasteiger partial charge is 0.381 e. The highest BCUT2D eigenvalue weighted by Crippen LogP contribution is 2.33. The number of benzene rings is 1. The quantitative estimate of drug-likeness (QED) is 0.903. The monoisotopic (exact) mass is 352 g/mol. The van der Waals surface area contributed by atoms with Crippen LogP contribution in [0.4, 0.5) is 18.9 Å². The van der Waals surface area contributed by atoms with Crippen molar-refractivity contribution in [2.75, 3.05) is 38.6 Å². The van der Waals surface area contributed by atoms with E-state index in [1.165, 1.54) is 6.07 Å². The van der Waals surface area contributed by atoms with E-state index in [1.807, 2.05) is 7.05 Å². The molecule has 1 fully saturated rings. The maximum absolute atomic E-state index is 12.6. The van der Waals surface area contributed by atoms with E-state index in [0.717, 1.165) is 25.2 Å². The molecule has 2 rings (SSSR count). The number of morpholine rings is 1. The molecule has 0 aromatic heterocycles. The van der Waals surface area contributed by atoms with Crippen LogP contribution in [0.15, 0.2) is 22.7 Å². The lowest BCUT2D eigenvalue weighted by atomic mass is 10.2. The van der Waals surface area contributed by atoms with Crippen LogP contribution in [-0.2, 0) is 10.9 Å². The van der Waals surface area contributed by atoms with Gasteiger partial charge in [0.15, 0.2) is 0 Å². The largest absolute Gasteiger partial charge is 0.416 e. The van der Waals surface area contributed by atoms with Crippen LogP contribution in [-0.4, -0.2) is 44.3 Å². The van der Waals surface area contributed by atoms with Crippen molar-refractivity contribution in [2.45, 2.75) is 12.3 Å². The molecule has 1 aliphatic heterocycles. The second kappa shape index (κ2) is 6.32. The molecule has 0 bridgehead atoms. The van der Waals surface area contributed by atoms with Gasteiger partial charge in [0.2, 0.25) is 0 Å². The van der Waals surface area contributed by atoms with Gasteiger partial charge in [0, 0.05) is 29.8 Å². The summed E-state index contributed by atoms with van der Waals surface area (Å²) in [5, 5.41) is 3.12. The molecule has 1 atom stereocenters. The molecule has 3 nitrogen and oxygen atoms in total. The summed E-state index contributed by atoms with van der Waals surface area (Å²) in [5.41, 5.74) is -0.0293. The topological polar surface area (TPSA) is 24.5 Å². The van der Waals surface area contributed by atoms with E-state index in [0.29, 0.717) is 23.3 Å². The van der Waals surface area contributed by atoms with Crippen molar-refractivity contribution in [1.29, 1.82) is 0 Å². The first kappa shape index (κ1) is 15.6. The summed E-state index contributed by atoms with van der Waals surface area (Å²) in [6, 6.07) is 3.58. The summed E-state index contributed by atoms with van der Waals surface area (Å²) in [7, 11) is 2.02. The Morgan fingerprint density at radius 1 is 1.45 bits per heavy atom. The molecule has 0 amide bonds. The number of likely N-dealkylation sites (N-methyl/N-ethyl adjacent to an activating group) is 1. The predicted molar refractivity (Wildman–Crippen MR) is 74.9 cm³/mol. The van der Waals surface area contributed by atoms with Gasteiger partial charge in [0.05, 0.1) is 18.3 Å². The lowest BCUT2D eigenvalue weighted by Gasteiger charge is -2.30. The van der Waals surface area contributed by atoms with E-state index in [2.05, 4.69) is 26.1 Å². The van der Waals surface area contributed by atoms with E-state index in [9.17, 15) is 13.2 Å². The maximum Gasteiger partial charge on any atom is 0.416 e. The van der Waals surface area contributed by atoms with Crippen LogP contribution in [0.1, 0.15) is 5.56 Å². The van der Waals surface area contributed by atoms with Gasteiger partial charge in [-0.05, 0) is 41.2 Å². The number of rotatable bonds is 3. The third kappa shape index (κ3) is 4.10. The minimum atomic E-state index is -4.32. The Labute approximate surface area is 124 Å². The standard InChI is InChI=1S/C13H16BrF3N2O/c1-19-4-5-20-10(8-19)7-18-12-3-2-9(6-11(12)14)13(15,16)17/h2-3,6,10,18H,4-5,7-8H2,1H3. The zero-order valence-electron chi connectivity index (χ0n) is 11.0. The maximum atomic E-state index is 12.6. The zero-order valence-corrected chi connectivity index (χ0v) is 12.6. The number of alkyl halides is 3. The van der Waals surface area contributed by atoms with Crippen LogP contribution in [0.2, 0.25) is 0 Å². The fourth-order valence-electron chi connectivity index (χ4n) is 2.05. The number of nitrogens with zero attached hydrogens (tertiary/aromatic N) is 1. The molecule has 1 unspecified atom stereocenters. The highest BCUT2D eigenvalue weighted by atomic mass is 79.9. The minimum Gasteiger partial charge on any atom is -0.381 e. The molecule has 20 heavy (non-hydrogen) atoms. The number of halogens is 4. The van der Waals surface area contributed by atoms with Crippen molar-refractivity contribution in [3.8, 4) is 0 Å². The zero-order chi connectivity index (χ0) is 14.8. The number of hydrogen-bond donors (Lipinski definition) is 1. The van der Waals surface area contributed by atoms with Crippen molar-refractivity contribution in [3.05, 3.63) is 28.2 Å². The summed E-state index contributed by atoms with van der Waals surface area (Å²) in [4.78, 5) is 2.16. The van der Waals surface area contributed by atoms with Gasteiger partial charge in [0.25, 0.3) is 0 Å². The molecule has 0 aliphatic carbocycles. The number of nitrogens with one attached hydrogen (secondary N) is 1. The van der Waals surface area contributed by atoms with Crippen molar-refractivity contribution in [2.24, 2.45) is 0 Å². The molecule has 1 aromatic rings. The van der Waals surface area contributed by atoms with E-state index in [-0.39, 0.29) is 6.10 Å². The van der Waals surface area contributed by atoms with Gasteiger partial charge in [-0.15, -0.1) is 0 Å². The third-order valence-corrected chi connectivity index (χ3v) is 3.81. The first-order chi connectivity index (χ1) is 9.36. The highest BCUT2D eigenvalue weighted by Gasteiger charge is 2.30. The lowest BCUT2D eigenvalue weighted by Crippen LogP contribution is -2.43. The van der Waals surface area contributed by atoms with Gasteiger partial charge in [-0.2, -0.15) is 13.2 Å². The van der Waals surface area contributed by atoms with Gasteiger partial charge < -0.3 is 15.0 Å². The molecular weight excluding hydrogens is 337 g/mol. The van der Waals surface area contributed by atoms with Crippen LogP contribution < -0.4 is 5.32 Å². The fraction of sp³-hybridized carbons (Fsp3) is 0.538. The Morgan fingerprint density at radius 3 is 2.80 bits per heavy atom. The lowest BCUT2D eigenvalue weighted by molar-refractivity contribution is -0.137. The van der Waals surface area contributed by atoms with Crippen LogP contribution in [0.3, 0.4) is 0 Å². The van der Waals surface area contributed by atoms with Gasteiger partial charge in [0.1, 0.15) is 0 Å². The van der Waals surface area contributed by atoms with E-state index in [1.54, 1.807) is 0 Å². The fourth-order valence-corrected chi connectivity index (χ4v) is 2.57. The van der Waals surface area contributed by atoms with Crippen LogP contribution in [0.25, 0.3) is 0 Å². The van der Waals surface area contributed by atoms with Crippen LogP contribution in [0.5, 0.6) is 0 Å². The Balaban J connectivity index is 1.96. The molecule has 0 saturated carbocycles. The Morgan fingerprint density at radius 2 is 2.20 bits per heavy atom. The molecule has 1 heterocycles. The minimum absolute atomic E-state index is 0.0444. The van der Waals surface area contributed by atoms with E-state index in [4.69, 9.17) is 4.74 Å². The van der Waals surface area contributed by atoms with Crippen molar-refractivity contribution >= 4 is 21.6 Å². The summed E-state index contributed by atoms with van der Waals surface area (Å²) in [5.74, 6) is 0. The molecule has 1 aromatic carbocycles. The Bertz CT molecular complexity index is 467. The van der Waals surface area contributed by atoms with E-state index >= 15 is 0 Å². The van der Waals surface area contributed by atoms with Crippen molar-refractivity contribution < 1.29 is 17.9 Å². The normalized spacial score (nSPS) is 20.9. The summed E-state index contributed by atoms with van der Waals surface area (Å²) in [6.45, 7) is 2.96. The highest BCUT2D eigenvalue weighted by molar-refractivity contribution is 9.10. The second-order valence-electron chi connectivity index (χ2n) is 4.83. The average Bonchev–Trinajstić information content (AvgIpc) is 2.36. The Kier molecular flexibility index (Phi) is 4.93. The predicted octanol–water partition coefficient (Wildman–Crippen LogP) is 3.21. The van der Waals surface area contributed by atoms with Crippen LogP contribution >= 0.6 is 15.9 Å². The van der Waals surface area contributed by atoms with E-state index < -0.39 is 11.7 Å². The molecule has 7 heteroatoms. The number of ether oxygens (including phenoxy) is 1. The molecular formula is C13H16BrF3N2O. The van der Waals surface area contributed by atoms with Crippen LogP contribution in [0, 0.1) is 0 Å². The van der Waals surface area contributed by atoms with Crippen molar-refractivity contribution in [1.82, 2.24) is 4.90 Å². The third-order valence-electron chi connectivity index (χ3n) is 3.16. The summed E-state index contributed by atoms with van der Waals surface area (Å²) >= 11 is 3.16. The summed E-state index contributed by atoms with van der Waals surface area (Å²) < 4.78 is 43.6. The van der Waals surface area contributed by atoms with Gasteiger partial charge in [-0.3, -0.25) is 0 Å². The molecule has 112 valence electrons. The number of hydrogen-bond acceptors (Lipinski definition) is 3.